The van der Waals surface area contributed by atoms with Gasteiger partial charge in [0.15, 0.2) is 6.29 Å². The normalized spacial score (nSPS) is 51.4. The zero-order chi connectivity index (χ0) is 5.56. The van der Waals surface area contributed by atoms with Crippen LogP contribution in [0, 0.1) is 0 Å². The van der Waals surface area contributed by atoms with E-state index in [-0.39, 0.29) is 12.4 Å². The molecular weight excluding hydrogens is 108 g/mol. The highest BCUT2D eigenvalue weighted by Gasteiger charge is 2.52. The molecule has 3 heteroatoms. The Kier molecular flexibility index (Phi) is 0.848. The van der Waals surface area contributed by atoms with Crippen molar-refractivity contribution in [3.63, 3.8) is 0 Å². The topological polar surface area (TPSA) is 31.0 Å². The van der Waals surface area contributed by atoms with Gasteiger partial charge in [-0.25, -0.2) is 0 Å². The van der Waals surface area contributed by atoms with E-state index in [2.05, 4.69) is 0 Å². The molecule has 46 valence electrons. The van der Waals surface area contributed by atoms with Crippen molar-refractivity contribution in [3.8, 4) is 0 Å². The Hall–Kier alpha value is -0.120. The third kappa shape index (κ3) is 0.491. The lowest BCUT2D eigenvalue weighted by molar-refractivity contribution is -0.129. The third-order valence-corrected chi connectivity index (χ3v) is 1.55. The van der Waals surface area contributed by atoms with Crippen LogP contribution in [0.25, 0.3) is 0 Å². The lowest BCUT2D eigenvalue weighted by Gasteiger charge is -2.06. The number of epoxide rings is 1. The zero-order valence-electron chi connectivity index (χ0n) is 4.66. The molecule has 2 aliphatic rings. The second kappa shape index (κ2) is 1.43. The highest BCUT2D eigenvalue weighted by Crippen LogP contribution is 2.33. The van der Waals surface area contributed by atoms with Gasteiger partial charge in [0.2, 0.25) is 0 Å². The summed E-state index contributed by atoms with van der Waals surface area (Å²) in [7, 11) is 1.63. The van der Waals surface area contributed by atoms with Crippen LogP contribution in [0.5, 0.6) is 0 Å². The second-order valence-corrected chi connectivity index (χ2v) is 2.08. The summed E-state index contributed by atoms with van der Waals surface area (Å²) in [6.45, 7) is 0.711. The van der Waals surface area contributed by atoms with Crippen LogP contribution in [0.2, 0.25) is 0 Å². The first kappa shape index (κ1) is 4.73. The van der Waals surface area contributed by atoms with Crippen LogP contribution in [-0.2, 0) is 14.2 Å². The lowest BCUT2D eigenvalue weighted by atomic mass is 10.4. The SMILES string of the molecule is CO[C@@H]1OC[C@@H]2O[C@H]12. The van der Waals surface area contributed by atoms with Crippen molar-refractivity contribution in [2.75, 3.05) is 13.7 Å². The monoisotopic (exact) mass is 116 g/mol. The Morgan fingerprint density at radius 1 is 1.62 bits per heavy atom. The van der Waals surface area contributed by atoms with Crippen LogP contribution < -0.4 is 0 Å². The smallest absolute Gasteiger partial charge is 0.186 e. The van der Waals surface area contributed by atoms with Gasteiger partial charge in [-0.2, -0.15) is 0 Å². The number of hydrogen-bond donors (Lipinski definition) is 0. The molecule has 0 aromatic carbocycles. The molecule has 0 bridgehead atoms. The average Bonchev–Trinajstić information content (AvgIpc) is 2.46. The summed E-state index contributed by atoms with van der Waals surface area (Å²) >= 11 is 0. The van der Waals surface area contributed by atoms with Gasteiger partial charge in [0.05, 0.1) is 6.61 Å². The number of methoxy groups -OCH3 is 1. The van der Waals surface area contributed by atoms with Gasteiger partial charge in [0, 0.05) is 7.11 Å². The Labute approximate surface area is 47.5 Å². The van der Waals surface area contributed by atoms with E-state index in [1.54, 1.807) is 7.11 Å². The minimum Gasteiger partial charge on any atom is -0.362 e. The summed E-state index contributed by atoms with van der Waals surface area (Å²) in [5, 5.41) is 0. The number of ether oxygens (including phenoxy) is 3. The van der Waals surface area contributed by atoms with Crippen LogP contribution in [0.4, 0.5) is 0 Å². The van der Waals surface area contributed by atoms with Gasteiger partial charge < -0.3 is 14.2 Å². The van der Waals surface area contributed by atoms with Crippen molar-refractivity contribution in [2.24, 2.45) is 0 Å². The van der Waals surface area contributed by atoms with E-state index in [1.807, 2.05) is 0 Å². The Morgan fingerprint density at radius 2 is 2.50 bits per heavy atom. The minimum absolute atomic E-state index is 0.0833. The van der Waals surface area contributed by atoms with Crippen LogP contribution in [0.1, 0.15) is 0 Å². The molecule has 2 rings (SSSR count). The van der Waals surface area contributed by atoms with Crippen LogP contribution in [-0.4, -0.2) is 32.2 Å². The summed E-state index contributed by atoms with van der Waals surface area (Å²) < 4.78 is 15.1. The Balaban J connectivity index is 1.97. The Morgan fingerprint density at radius 3 is 2.75 bits per heavy atom. The molecule has 0 aliphatic carbocycles. The predicted octanol–water partition coefficient (Wildman–Crippen LogP) is -0.244. The molecule has 0 N–H and O–H groups in total. The van der Waals surface area contributed by atoms with Crippen molar-refractivity contribution < 1.29 is 14.2 Å². The quantitative estimate of drug-likeness (QED) is 0.443. The second-order valence-electron chi connectivity index (χ2n) is 2.08. The summed E-state index contributed by atoms with van der Waals surface area (Å²) in [4.78, 5) is 0. The molecule has 0 radical (unpaired) electrons. The minimum atomic E-state index is -0.0833. The van der Waals surface area contributed by atoms with E-state index in [4.69, 9.17) is 14.2 Å². The average molecular weight is 116 g/mol. The fourth-order valence-corrected chi connectivity index (χ4v) is 1.02. The van der Waals surface area contributed by atoms with E-state index in [0.29, 0.717) is 12.7 Å². The highest BCUT2D eigenvalue weighted by molar-refractivity contribution is 4.92. The molecule has 2 heterocycles. The predicted molar refractivity (Wildman–Crippen MR) is 25.4 cm³/mol. The third-order valence-electron chi connectivity index (χ3n) is 1.55. The van der Waals surface area contributed by atoms with Crippen LogP contribution >= 0.6 is 0 Å². The summed E-state index contributed by atoms with van der Waals surface area (Å²) in [5.74, 6) is 0. The van der Waals surface area contributed by atoms with Crippen LogP contribution in [0.15, 0.2) is 0 Å². The molecule has 0 aromatic heterocycles. The lowest BCUT2D eigenvalue weighted by Crippen LogP contribution is -2.15. The van der Waals surface area contributed by atoms with E-state index < -0.39 is 0 Å². The van der Waals surface area contributed by atoms with Crippen molar-refractivity contribution in [3.05, 3.63) is 0 Å². The molecule has 0 unspecified atom stereocenters. The molecule has 2 aliphatic heterocycles. The van der Waals surface area contributed by atoms with Gasteiger partial charge in [0.1, 0.15) is 12.2 Å². The molecule has 8 heavy (non-hydrogen) atoms. The van der Waals surface area contributed by atoms with Crippen molar-refractivity contribution in [1.29, 1.82) is 0 Å². The molecule has 2 fully saturated rings. The maximum absolute atomic E-state index is 5.12. The largest absolute Gasteiger partial charge is 0.362 e. The number of rotatable bonds is 1. The molecule has 0 saturated carbocycles. The molecular formula is C5H8O3. The first-order valence-electron chi connectivity index (χ1n) is 2.71. The van der Waals surface area contributed by atoms with Crippen molar-refractivity contribution in [1.82, 2.24) is 0 Å². The Bertz CT molecular complexity index is 104. The van der Waals surface area contributed by atoms with E-state index >= 15 is 0 Å². The number of fused-ring (bicyclic) bond motifs is 1. The highest BCUT2D eigenvalue weighted by atomic mass is 16.8. The fraction of sp³-hybridized carbons (Fsp3) is 1.00. The summed E-state index contributed by atoms with van der Waals surface area (Å²) in [5.41, 5.74) is 0. The first-order valence-corrected chi connectivity index (χ1v) is 2.71. The molecule has 3 nitrogen and oxygen atoms in total. The van der Waals surface area contributed by atoms with Gasteiger partial charge in [-0.15, -0.1) is 0 Å². The molecule has 3 atom stereocenters. The maximum atomic E-state index is 5.12. The number of hydrogen-bond acceptors (Lipinski definition) is 3. The standard InChI is InChI=1S/C5H8O3/c1-6-5-4-3(8-4)2-7-5/h3-5H,2H2,1H3/t3-,4-,5+/m0/s1. The van der Waals surface area contributed by atoms with Gasteiger partial charge in [-0.3, -0.25) is 0 Å². The fourth-order valence-electron chi connectivity index (χ4n) is 1.02. The van der Waals surface area contributed by atoms with E-state index in [9.17, 15) is 0 Å². The maximum Gasteiger partial charge on any atom is 0.186 e. The summed E-state index contributed by atoms with van der Waals surface area (Å²) in [6, 6.07) is 0. The molecule has 0 aromatic rings. The van der Waals surface area contributed by atoms with Gasteiger partial charge >= 0.3 is 0 Å². The molecule has 0 amide bonds. The van der Waals surface area contributed by atoms with Gasteiger partial charge in [0.25, 0.3) is 0 Å². The first-order chi connectivity index (χ1) is 3.92. The molecule has 2 saturated heterocycles. The van der Waals surface area contributed by atoms with Gasteiger partial charge in [-0.1, -0.05) is 0 Å². The van der Waals surface area contributed by atoms with E-state index in [1.165, 1.54) is 0 Å². The van der Waals surface area contributed by atoms with Gasteiger partial charge in [-0.05, 0) is 0 Å². The van der Waals surface area contributed by atoms with Crippen molar-refractivity contribution in [2.45, 2.75) is 18.5 Å². The van der Waals surface area contributed by atoms with Crippen molar-refractivity contribution >= 4 is 0 Å². The van der Waals surface area contributed by atoms with E-state index in [0.717, 1.165) is 0 Å². The van der Waals surface area contributed by atoms with Crippen LogP contribution in [0.3, 0.4) is 0 Å². The molecule has 0 spiro atoms. The summed E-state index contributed by atoms with van der Waals surface area (Å²) in [6.07, 6.45) is 0.514. The zero-order valence-corrected chi connectivity index (χ0v) is 4.66.